The quantitative estimate of drug-likeness (QED) is 0.894. The van der Waals surface area contributed by atoms with E-state index in [1.54, 1.807) is 6.20 Å². The van der Waals surface area contributed by atoms with Crippen molar-refractivity contribution in [1.82, 2.24) is 4.98 Å². The second-order valence-electron chi connectivity index (χ2n) is 4.00. The van der Waals surface area contributed by atoms with Crippen LogP contribution in [0.1, 0.15) is 12.8 Å². The molecule has 1 N–H and O–H groups in total. The fourth-order valence-corrected chi connectivity index (χ4v) is 2.37. The molecule has 2 rings (SSSR count). The van der Waals surface area contributed by atoms with Crippen molar-refractivity contribution in [2.75, 3.05) is 24.6 Å². The summed E-state index contributed by atoms with van der Waals surface area (Å²) in [6, 6.07) is 2.08. The lowest BCUT2D eigenvalue weighted by Crippen LogP contribution is -2.36. The molecule has 0 bridgehead atoms. The zero-order valence-electron chi connectivity index (χ0n) is 8.56. The lowest BCUT2D eigenvalue weighted by Gasteiger charge is -2.33. The summed E-state index contributed by atoms with van der Waals surface area (Å²) in [4.78, 5) is 6.45. The van der Waals surface area contributed by atoms with Crippen molar-refractivity contribution in [3.63, 3.8) is 0 Å². The van der Waals surface area contributed by atoms with Crippen LogP contribution in [0.25, 0.3) is 0 Å². The summed E-state index contributed by atoms with van der Waals surface area (Å²) in [5.41, 5.74) is 1.14. The SMILES string of the molecule is OCC1CCCN(c2cncc(Br)c2)C1. The van der Waals surface area contributed by atoms with Crippen molar-refractivity contribution in [2.45, 2.75) is 12.8 Å². The summed E-state index contributed by atoms with van der Waals surface area (Å²) in [6.07, 6.45) is 5.95. The standard InChI is InChI=1S/C11H15BrN2O/c12-10-4-11(6-13-5-10)14-3-1-2-9(7-14)8-15/h4-6,9,15H,1-3,7-8H2. The zero-order chi connectivity index (χ0) is 10.7. The fraction of sp³-hybridized carbons (Fsp3) is 0.545. The van der Waals surface area contributed by atoms with Gasteiger partial charge in [-0.2, -0.15) is 0 Å². The van der Waals surface area contributed by atoms with Gasteiger partial charge in [-0.3, -0.25) is 4.98 Å². The van der Waals surface area contributed by atoms with Crippen LogP contribution in [-0.2, 0) is 0 Å². The number of anilines is 1. The highest BCUT2D eigenvalue weighted by molar-refractivity contribution is 9.10. The Labute approximate surface area is 98.3 Å². The molecule has 3 nitrogen and oxygen atoms in total. The van der Waals surface area contributed by atoms with Gasteiger partial charge in [0.15, 0.2) is 0 Å². The second-order valence-corrected chi connectivity index (χ2v) is 4.91. The van der Waals surface area contributed by atoms with E-state index in [1.807, 2.05) is 6.20 Å². The second kappa shape index (κ2) is 4.94. The summed E-state index contributed by atoms with van der Waals surface area (Å²) in [5.74, 6) is 0.415. The molecule has 0 amide bonds. The number of halogens is 1. The van der Waals surface area contributed by atoms with E-state index in [2.05, 4.69) is 31.9 Å². The Kier molecular flexibility index (Phi) is 3.59. The monoisotopic (exact) mass is 270 g/mol. The zero-order valence-corrected chi connectivity index (χ0v) is 10.2. The summed E-state index contributed by atoms with van der Waals surface area (Å²) < 4.78 is 1.01. The largest absolute Gasteiger partial charge is 0.396 e. The molecule has 1 fully saturated rings. The third-order valence-corrected chi connectivity index (χ3v) is 3.27. The summed E-state index contributed by atoms with van der Waals surface area (Å²) in [5, 5.41) is 9.16. The number of aromatic nitrogens is 1. The Balaban J connectivity index is 2.09. The number of pyridine rings is 1. The molecule has 4 heteroatoms. The molecule has 1 aliphatic heterocycles. The lowest BCUT2D eigenvalue weighted by atomic mass is 9.99. The first-order valence-electron chi connectivity index (χ1n) is 5.26. The van der Waals surface area contributed by atoms with Gasteiger partial charge in [0.2, 0.25) is 0 Å². The Morgan fingerprint density at radius 3 is 3.13 bits per heavy atom. The molecule has 1 aliphatic rings. The van der Waals surface area contributed by atoms with Crippen LogP contribution < -0.4 is 4.90 Å². The van der Waals surface area contributed by atoms with Gasteiger partial charge in [-0.05, 0) is 40.8 Å². The Hall–Kier alpha value is -0.610. The Morgan fingerprint density at radius 2 is 2.40 bits per heavy atom. The van der Waals surface area contributed by atoms with Crippen molar-refractivity contribution < 1.29 is 5.11 Å². The predicted molar refractivity (Wildman–Crippen MR) is 64.0 cm³/mol. The van der Waals surface area contributed by atoms with E-state index in [0.717, 1.165) is 36.1 Å². The maximum Gasteiger partial charge on any atom is 0.0564 e. The van der Waals surface area contributed by atoms with Gasteiger partial charge in [0.05, 0.1) is 11.9 Å². The summed E-state index contributed by atoms with van der Waals surface area (Å²) >= 11 is 3.42. The van der Waals surface area contributed by atoms with Crippen molar-refractivity contribution in [3.05, 3.63) is 22.9 Å². The number of rotatable bonds is 2. The molecule has 1 aromatic rings. The molecule has 1 unspecified atom stereocenters. The van der Waals surface area contributed by atoms with Gasteiger partial charge in [-0.25, -0.2) is 0 Å². The van der Waals surface area contributed by atoms with Gasteiger partial charge in [0.25, 0.3) is 0 Å². The fourth-order valence-electron chi connectivity index (χ4n) is 2.02. The van der Waals surface area contributed by atoms with E-state index in [0.29, 0.717) is 5.92 Å². The van der Waals surface area contributed by atoms with Crippen molar-refractivity contribution in [3.8, 4) is 0 Å². The Morgan fingerprint density at radius 1 is 1.53 bits per heavy atom. The average Bonchev–Trinajstić information content (AvgIpc) is 2.29. The average molecular weight is 271 g/mol. The first kappa shape index (κ1) is 10.9. The van der Waals surface area contributed by atoms with Crippen molar-refractivity contribution >= 4 is 21.6 Å². The smallest absolute Gasteiger partial charge is 0.0564 e. The first-order valence-corrected chi connectivity index (χ1v) is 6.05. The number of piperidine rings is 1. The number of hydrogen-bond donors (Lipinski definition) is 1. The van der Waals surface area contributed by atoms with E-state index >= 15 is 0 Å². The van der Waals surface area contributed by atoms with Crippen LogP contribution in [0.2, 0.25) is 0 Å². The highest BCUT2D eigenvalue weighted by Gasteiger charge is 2.19. The van der Waals surface area contributed by atoms with Gasteiger partial charge in [0, 0.05) is 30.4 Å². The summed E-state index contributed by atoms with van der Waals surface area (Å²) in [6.45, 7) is 2.29. The molecular formula is C11H15BrN2O. The van der Waals surface area contributed by atoms with Crippen LogP contribution in [0.5, 0.6) is 0 Å². The van der Waals surface area contributed by atoms with E-state index in [4.69, 9.17) is 5.11 Å². The van der Waals surface area contributed by atoms with E-state index < -0.39 is 0 Å². The van der Waals surface area contributed by atoms with Crippen molar-refractivity contribution in [2.24, 2.45) is 5.92 Å². The lowest BCUT2D eigenvalue weighted by molar-refractivity contribution is 0.208. The van der Waals surface area contributed by atoms with Crippen LogP contribution in [0.3, 0.4) is 0 Å². The van der Waals surface area contributed by atoms with Gasteiger partial charge in [0.1, 0.15) is 0 Å². The van der Waals surface area contributed by atoms with Crippen LogP contribution >= 0.6 is 15.9 Å². The van der Waals surface area contributed by atoms with Gasteiger partial charge in [-0.1, -0.05) is 0 Å². The number of nitrogens with zero attached hydrogens (tertiary/aromatic N) is 2. The van der Waals surface area contributed by atoms with E-state index in [-0.39, 0.29) is 6.61 Å². The van der Waals surface area contributed by atoms with Crippen LogP contribution in [0.4, 0.5) is 5.69 Å². The summed E-state index contributed by atoms with van der Waals surface area (Å²) in [7, 11) is 0. The predicted octanol–water partition coefficient (Wildman–Crippen LogP) is 2.05. The maximum absolute atomic E-state index is 9.16. The molecule has 0 aromatic carbocycles. The molecule has 0 aliphatic carbocycles. The molecule has 1 aromatic heterocycles. The minimum atomic E-state index is 0.290. The molecule has 15 heavy (non-hydrogen) atoms. The van der Waals surface area contributed by atoms with E-state index in [1.165, 1.54) is 0 Å². The van der Waals surface area contributed by atoms with Gasteiger partial charge in [-0.15, -0.1) is 0 Å². The third-order valence-electron chi connectivity index (χ3n) is 2.83. The molecule has 0 saturated carbocycles. The highest BCUT2D eigenvalue weighted by atomic mass is 79.9. The number of aliphatic hydroxyl groups excluding tert-OH is 1. The highest BCUT2D eigenvalue weighted by Crippen LogP contribution is 2.24. The molecular weight excluding hydrogens is 256 g/mol. The number of aliphatic hydroxyl groups is 1. The molecule has 0 radical (unpaired) electrons. The minimum absolute atomic E-state index is 0.290. The van der Waals surface area contributed by atoms with Crippen LogP contribution in [-0.4, -0.2) is 29.8 Å². The molecule has 1 atom stereocenters. The van der Waals surface area contributed by atoms with Crippen LogP contribution in [0, 0.1) is 5.92 Å². The third kappa shape index (κ3) is 2.69. The molecule has 82 valence electrons. The molecule has 1 saturated heterocycles. The first-order chi connectivity index (χ1) is 7.29. The minimum Gasteiger partial charge on any atom is -0.396 e. The molecule has 0 spiro atoms. The van der Waals surface area contributed by atoms with Gasteiger partial charge < -0.3 is 10.0 Å². The Bertz CT molecular complexity index is 332. The number of hydrogen-bond acceptors (Lipinski definition) is 3. The topological polar surface area (TPSA) is 36.4 Å². The molecule has 2 heterocycles. The van der Waals surface area contributed by atoms with E-state index in [9.17, 15) is 0 Å². The van der Waals surface area contributed by atoms with Crippen molar-refractivity contribution in [1.29, 1.82) is 0 Å². The normalized spacial score (nSPS) is 21.7. The maximum atomic E-state index is 9.16. The van der Waals surface area contributed by atoms with Gasteiger partial charge >= 0.3 is 0 Å². The van der Waals surface area contributed by atoms with Crippen LogP contribution in [0.15, 0.2) is 22.9 Å².